The van der Waals surface area contributed by atoms with E-state index in [1.54, 1.807) is 23.7 Å². The van der Waals surface area contributed by atoms with Gasteiger partial charge < -0.3 is 10.4 Å². The van der Waals surface area contributed by atoms with E-state index in [2.05, 4.69) is 10.4 Å². The summed E-state index contributed by atoms with van der Waals surface area (Å²) in [6.45, 7) is 7.32. The van der Waals surface area contributed by atoms with Crippen LogP contribution < -0.4 is 5.32 Å². The van der Waals surface area contributed by atoms with Gasteiger partial charge in [0.1, 0.15) is 5.75 Å². The summed E-state index contributed by atoms with van der Waals surface area (Å²) < 4.78 is 1.69. The van der Waals surface area contributed by atoms with Crippen LogP contribution in [0.2, 0.25) is 0 Å². The van der Waals surface area contributed by atoms with Crippen LogP contribution in [0, 0.1) is 27.7 Å². The lowest BCUT2D eigenvalue weighted by molar-refractivity contribution is 0.102. The third-order valence-corrected chi connectivity index (χ3v) is 3.53. The van der Waals surface area contributed by atoms with E-state index in [1.807, 2.05) is 27.8 Å². The molecule has 1 aromatic carbocycles. The second-order valence-electron chi connectivity index (χ2n) is 5.08. The third kappa shape index (κ3) is 2.39. The molecule has 0 aliphatic rings. The van der Waals surface area contributed by atoms with Crippen LogP contribution in [-0.2, 0) is 7.05 Å². The SMILES string of the molecule is Cc1cc(NC(=O)c2c(C)nn(C)c2C)c(C)cc1O. The molecule has 0 unspecified atom stereocenters. The highest BCUT2D eigenvalue weighted by molar-refractivity contribution is 6.06. The number of amides is 1. The molecule has 20 heavy (non-hydrogen) atoms. The van der Waals surface area contributed by atoms with E-state index in [-0.39, 0.29) is 11.7 Å². The van der Waals surface area contributed by atoms with E-state index in [0.29, 0.717) is 16.9 Å². The molecule has 0 fully saturated rings. The molecular formula is C15H19N3O2. The number of aryl methyl sites for hydroxylation is 4. The van der Waals surface area contributed by atoms with Gasteiger partial charge >= 0.3 is 0 Å². The maximum absolute atomic E-state index is 12.4. The van der Waals surface area contributed by atoms with Crippen LogP contribution >= 0.6 is 0 Å². The van der Waals surface area contributed by atoms with Crippen LogP contribution in [0.15, 0.2) is 12.1 Å². The summed E-state index contributed by atoms with van der Waals surface area (Å²) >= 11 is 0. The van der Waals surface area contributed by atoms with Crippen LogP contribution in [0.4, 0.5) is 5.69 Å². The Morgan fingerprint density at radius 1 is 1.20 bits per heavy atom. The first-order chi connectivity index (χ1) is 9.31. The zero-order valence-corrected chi connectivity index (χ0v) is 12.4. The van der Waals surface area contributed by atoms with Gasteiger partial charge in [-0.25, -0.2) is 0 Å². The number of aromatic hydroxyl groups is 1. The van der Waals surface area contributed by atoms with Crippen molar-refractivity contribution in [1.29, 1.82) is 0 Å². The molecule has 0 saturated carbocycles. The molecular weight excluding hydrogens is 254 g/mol. The molecule has 0 atom stereocenters. The lowest BCUT2D eigenvalue weighted by Crippen LogP contribution is -2.15. The minimum absolute atomic E-state index is 0.179. The summed E-state index contributed by atoms with van der Waals surface area (Å²) in [5, 5.41) is 16.8. The number of rotatable bonds is 2. The molecule has 5 heteroatoms. The predicted molar refractivity (Wildman–Crippen MR) is 78.2 cm³/mol. The zero-order valence-electron chi connectivity index (χ0n) is 12.4. The van der Waals surface area contributed by atoms with E-state index >= 15 is 0 Å². The molecule has 106 valence electrons. The summed E-state index contributed by atoms with van der Waals surface area (Å²) in [4.78, 5) is 12.4. The first-order valence-corrected chi connectivity index (χ1v) is 6.43. The molecule has 5 nitrogen and oxygen atoms in total. The van der Waals surface area contributed by atoms with Gasteiger partial charge in [-0.3, -0.25) is 9.48 Å². The molecule has 2 rings (SSSR count). The number of phenols is 1. The Morgan fingerprint density at radius 2 is 1.85 bits per heavy atom. The molecule has 0 bridgehead atoms. The maximum atomic E-state index is 12.4. The molecule has 1 amide bonds. The summed E-state index contributed by atoms with van der Waals surface area (Å²) in [5.41, 5.74) is 4.38. The number of nitrogens with one attached hydrogen (secondary N) is 1. The Hall–Kier alpha value is -2.30. The van der Waals surface area contributed by atoms with Crippen LogP contribution in [0.25, 0.3) is 0 Å². The van der Waals surface area contributed by atoms with E-state index in [4.69, 9.17) is 0 Å². The van der Waals surface area contributed by atoms with Gasteiger partial charge in [0.15, 0.2) is 0 Å². The van der Waals surface area contributed by atoms with Crippen molar-refractivity contribution in [3.8, 4) is 5.75 Å². The summed E-state index contributed by atoms with van der Waals surface area (Å²) in [6, 6.07) is 3.41. The lowest BCUT2D eigenvalue weighted by atomic mass is 10.1. The molecule has 0 spiro atoms. The van der Waals surface area contributed by atoms with Gasteiger partial charge in [0.05, 0.1) is 11.3 Å². The number of hydrogen-bond donors (Lipinski definition) is 2. The quantitative estimate of drug-likeness (QED) is 0.826. The average Bonchev–Trinajstić information content (AvgIpc) is 2.60. The zero-order chi connectivity index (χ0) is 15.0. The Morgan fingerprint density at radius 3 is 2.40 bits per heavy atom. The number of carbonyl (C=O) groups is 1. The Labute approximate surface area is 118 Å². The summed E-state index contributed by atoms with van der Waals surface area (Å²) in [6.07, 6.45) is 0. The third-order valence-electron chi connectivity index (χ3n) is 3.53. The van der Waals surface area contributed by atoms with Crippen molar-refractivity contribution < 1.29 is 9.90 Å². The number of carbonyl (C=O) groups excluding carboxylic acids is 1. The minimum atomic E-state index is -0.179. The topological polar surface area (TPSA) is 67.2 Å². The van der Waals surface area contributed by atoms with E-state index in [1.165, 1.54) is 0 Å². The van der Waals surface area contributed by atoms with E-state index in [0.717, 1.165) is 16.8 Å². The highest BCUT2D eigenvalue weighted by atomic mass is 16.3. The van der Waals surface area contributed by atoms with Gasteiger partial charge in [-0.1, -0.05) is 0 Å². The van der Waals surface area contributed by atoms with Crippen molar-refractivity contribution >= 4 is 11.6 Å². The Balaban J connectivity index is 2.35. The van der Waals surface area contributed by atoms with Gasteiger partial charge in [0, 0.05) is 18.4 Å². The molecule has 0 saturated heterocycles. The number of aromatic nitrogens is 2. The standard InChI is InChI=1S/C15H19N3O2/c1-8-7-13(19)9(2)6-12(8)16-15(20)14-10(3)17-18(5)11(14)4/h6-7,19H,1-5H3,(H,16,20). The fourth-order valence-electron chi connectivity index (χ4n) is 2.22. The van der Waals surface area contributed by atoms with Crippen molar-refractivity contribution in [2.45, 2.75) is 27.7 Å². The van der Waals surface area contributed by atoms with Gasteiger partial charge in [-0.15, -0.1) is 0 Å². The first kappa shape index (κ1) is 14.1. The number of benzene rings is 1. The van der Waals surface area contributed by atoms with E-state index < -0.39 is 0 Å². The fraction of sp³-hybridized carbons (Fsp3) is 0.333. The number of nitrogens with zero attached hydrogens (tertiary/aromatic N) is 2. The number of phenolic OH excluding ortho intramolecular Hbond substituents is 1. The monoisotopic (exact) mass is 273 g/mol. The van der Waals surface area contributed by atoms with Gasteiger partial charge in [-0.2, -0.15) is 5.10 Å². The maximum Gasteiger partial charge on any atom is 0.259 e. The number of anilines is 1. The van der Waals surface area contributed by atoms with Crippen molar-refractivity contribution in [3.05, 3.63) is 40.2 Å². The van der Waals surface area contributed by atoms with Gasteiger partial charge in [-0.05, 0) is 51.0 Å². The van der Waals surface area contributed by atoms with Crippen LogP contribution in [0.5, 0.6) is 5.75 Å². The van der Waals surface area contributed by atoms with Crippen LogP contribution in [-0.4, -0.2) is 20.8 Å². The molecule has 2 N–H and O–H groups in total. The Kier molecular flexibility index (Phi) is 3.53. The van der Waals surface area contributed by atoms with Crippen molar-refractivity contribution in [2.75, 3.05) is 5.32 Å². The largest absolute Gasteiger partial charge is 0.508 e. The highest BCUT2D eigenvalue weighted by Crippen LogP contribution is 2.26. The smallest absolute Gasteiger partial charge is 0.259 e. The molecule has 0 aliphatic heterocycles. The average molecular weight is 273 g/mol. The lowest BCUT2D eigenvalue weighted by Gasteiger charge is -2.11. The molecule has 0 radical (unpaired) electrons. The Bertz CT molecular complexity index is 687. The van der Waals surface area contributed by atoms with Gasteiger partial charge in [0.2, 0.25) is 0 Å². The van der Waals surface area contributed by atoms with Crippen LogP contribution in [0.1, 0.15) is 32.9 Å². The number of hydrogen-bond acceptors (Lipinski definition) is 3. The van der Waals surface area contributed by atoms with Crippen molar-refractivity contribution in [2.24, 2.45) is 7.05 Å². The van der Waals surface area contributed by atoms with Crippen LogP contribution in [0.3, 0.4) is 0 Å². The second kappa shape index (κ2) is 5.00. The molecule has 2 aromatic rings. The first-order valence-electron chi connectivity index (χ1n) is 6.43. The van der Waals surface area contributed by atoms with Gasteiger partial charge in [0.25, 0.3) is 5.91 Å². The minimum Gasteiger partial charge on any atom is -0.508 e. The molecule has 1 heterocycles. The van der Waals surface area contributed by atoms with Crippen molar-refractivity contribution in [1.82, 2.24) is 9.78 Å². The summed E-state index contributed by atoms with van der Waals surface area (Å²) in [5.74, 6) is 0.0514. The van der Waals surface area contributed by atoms with Crippen molar-refractivity contribution in [3.63, 3.8) is 0 Å². The normalized spacial score (nSPS) is 10.7. The second-order valence-corrected chi connectivity index (χ2v) is 5.08. The van der Waals surface area contributed by atoms with E-state index in [9.17, 15) is 9.90 Å². The molecule has 0 aliphatic carbocycles. The summed E-state index contributed by atoms with van der Waals surface area (Å²) in [7, 11) is 1.81. The fourth-order valence-corrected chi connectivity index (χ4v) is 2.22. The highest BCUT2D eigenvalue weighted by Gasteiger charge is 2.18. The molecule has 1 aromatic heterocycles. The predicted octanol–water partition coefficient (Wildman–Crippen LogP) is 2.61.